The van der Waals surface area contributed by atoms with Crippen LogP contribution in [0.3, 0.4) is 0 Å². The van der Waals surface area contributed by atoms with E-state index in [-0.39, 0.29) is 35.9 Å². The summed E-state index contributed by atoms with van der Waals surface area (Å²) < 4.78 is 31.2. The Kier molecular flexibility index (Phi) is 11.8. The minimum absolute atomic E-state index is 0.0112. The second-order valence-corrected chi connectivity index (χ2v) is 19.0. The number of hydrogen-bond acceptors (Lipinski definition) is 12. The number of fused-ring (bicyclic) bond motifs is 2. The molecular weight excluding hydrogens is 797 g/mol. The average Bonchev–Trinajstić information content (AvgIpc) is 3.92. The van der Waals surface area contributed by atoms with E-state index < -0.39 is 22.0 Å². The summed E-state index contributed by atoms with van der Waals surface area (Å²) in [5.74, 6) is 0.0962. The molecule has 2 aromatic carbocycles. The Hall–Kier alpha value is -5.39. The van der Waals surface area contributed by atoms with E-state index in [1.807, 2.05) is 34.9 Å². The third-order valence-electron chi connectivity index (χ3n) is 13.2. The Labute approximate surface area is 355 Å². The lowest BCUT2D eigenvalue weighted by atomic mass is 9.96. The van der Waals surface area contributed by atoms with Crippen molar-refractivity contribution >= 4 is 56.1 Å². The first kappa shape index (κ1) is 41.0. The third kappa shape index (κ3) is 8.73. The molecule has 4 N–H and O–H groups in total. The van der Waals surface area contributed by atoms with Crippen molar-refractivity contribution in [3.8, 4) is 0 Å². The van der Waals surface area contributed by atoms with Crippen molar-refractivity contribution in [2.75, 3.05) is 61.3 Å². The summed E-state index contributed by atoms with van der Waals surface area (Å²) in [6, 6.07) is 15.9. The first-order chi connectivity index (χ1) is 29.6. The highest BCUT2D eigenvalue weighted by Gasteiger charge is 2.39. The number of piperidine rings is 3. The molecule has 61 heavy (non-hydrogen) atoms. The molecular formula is C44H54N10O6S. The summed E-state index contributed by atoms with van der Waals surface area (Å²) >= 11 is 0. The molecule has 1 saturated carbocycles. The number of hydrogen-bond donors (Lipinski definition) is 4. The summed E-state index contributed by atoms with van der Waals surface area (Å²) in [6.07, 6.45) is 9.74. The van der Waals surface area contributed by atoms with Gasteiger partial charge in [0.25, 0.3) is 11.5 Å². The highest BCUT2D eigenvalue weighted by molar-refractivity contribution is 7.89. The van der Waals surface area contributed by atoms with E-state index in [0.717, 1.165) is 87.0 Å². The van der Waals surface area contributed by atoms with E-state index in [4.69, 9.17) is 4.98 Å². The van der Waals surface area contributed by atoms with Crippen molar-refractivity contribution in [1.29, 1.82) is 0 Å². The van der Waals surface area contributed by atoms with Crippen LogP contribution in [0.5, 0.6) is 0 Å². The average molecular weight is 851 g/mol. The van der Waals surface area contributed by atoms with Crippen molar-refractivity contribution in [2.45, 2.75) is 93.8 Å². The van der Waals surface area contributed by atoms with Crippen LogP contribution >= 0.6 is 0 Å². The molecule has 4 aliphatic heterocycles. The highest BCUT2D eigenvalue weighted by Crippen LogP contribution is 2.32. The van der Waals surface area contributed by atoms with Gasteiger partial charge in [-0.15, -0.1) is 0 Å². The fourth-order valence-corrected chi connectivity index (χ4v) is 11.2. The maximum absolute atomic E-state index is 13.9. The number of imide groups is 1. The van der Waals surface area contributed by atoms with Crippen LogP contribution in [0, 0.1) is 5.92 Å². The van der Waals surface area contributed by atoms with E-state index in [2.05, 4.69) is 31.2 Å². The van der Waals surface area contributed by atoms with Crippen LogP contribution in [0.4, 0.5) is 17.3 Å². The molecule has 5 aliphatic rings. The molecule has 4 aromatic rings. The summed E-state index contributed by atoms with van der Waals surface area (Å²) in [6.45, 7) is 5.19. The number of nitrogens with zero attached hydrogens (tertiary/aromatic N) is 6. The number of benzene rings is 2. The van der Waals surface area contributed by atoms with E-state index in [0.29, 0.717) is 73.4 Å². The molecule has 1 atom stereocenters. The number of pyridine rings is 1. The topological polar surface area (TPSA) is 191 Å². The van der Waals surface area contributed by atoms with Gasteiger partial charge in [-0.1, -0.05) is 18.9 Å². The predicted molar refractivity (Wildman–Crippen MR) is 232 cm³/mol. The molecule has 4 fully saturated rings. The van der Waals surface area contributed by atoms with Gasteiger partial charge in [-0.3, -0.25) is 29.1 Å². The van der Waals surface area contributed by atoms with E-state index in [1.165, 1.54) is 0 Å². The first-order valence-corrected chi connectivity index (χ1v) is 23.3. The van der Waals surface area contributed by atoms with E-state index in [9.17, 15) is 27.6 Å². The number of sulfonamides is 1. The van der Waals surface area contributed by atoms with Gasteiger partial charge in [0, 0.05) is 98.9 Å². The van der Waals surface area contributed by atoms with Crippen molar-refractivity contribution in [3.63, 3.8) is 0 Å². The zero-order valence-corrected chi connectivity index (χ0v) is 35.2. The molecule has 0 bridgehead atoms. The maximum Gasteiger partial charge on any atom is 0.255 e. The van der Waals surface area contributed by atoms with Crippen molar-refractivity contribution in [2.24, 2.45) is 5.92 Å². The second kappa shape index (κ2) is 17.5. The van der Waals surface area contributed by atoms with Crippen LogP contribution in [0.15, 0.2) is 70.5 Å². The molecule has 0 radical (unpaired) electrons. The van der Waals surface area contributed by atoms with E-state index in [1.54, 1.807) is 39.7 Å². The lowest BCUT2D eigenvalue weighted by molar-refractivity contribution is -0.136. The number of anilines is 3. The number of carbonyl (C=O) groups excluding carboxylic acids is 3. The number of carbonyl (C=O) groups is 3. The summed E-state index contributed by atoms with van der Waals surface area (Å²) in [7, 11) is -3.68. The normalized spacial score (nSPS) is 21.0. The third-order valence-corrected chi connectivity index (χ3v) is 15.1. The fraction of sp³-hybridized carbons (Fsp3) is 0.500. The number of amides is 3. The Balaban J connectivity index is 0.712. The fourth-order valence-electron chi connectivity index (χ4n) is 9.72. The van der Waals surface area contributed by atoms with Gasteiger partial charge in [0.05, 0.1) is 4.90 Å². The smallest absolute Gasteiger partial charge is 0.255 e. The zero-order chi connectivity index (χ0) is 42.1. The van der Waals surface area contributed by atoms with Crippen LogP contribution in [0.25, 0.3) is 11.0 Å². The standard InChI is InChI=1S/C44H54N10O6S/c55-39-12-11-38(42(57)49-39)53-28-31-24-33(9-10-37(31)43(53)58)46-19-18-45-26-29-14-20-51(21-15-29)35-6-3-7-36(25-35)61(59,60)52-22-16-32(17-23-52)48-44-47-27-30-8-13-40(56)54(41(30)50-44)34-4-1-2-5-34/h3,6-10,13,24-25,27,29,32,34,38,45-46H,1-2,4-5,11-12,14-23,26,28H2,(H,47,48,50)(H,49,55,57). The molecule has 6 heterocycles. The summed E-state index contributed by atoms with van der Waals surface area (Å²) in [5.41, 5.74) is 3.93. The maximum atomic E-state index is 13.9. The molecule has 9 rings (SSSR count). The largest absolute Gasteiger partial charge is 0.384 e. The first-order valence-electron chi connectivity index (χ1n) is 21.8. The van der Waals surface area contributed by atoms with Crippen molar-refractivity contribution < 1.29 is 22.8 Å². The monoisotopic (exact) mass is 850 g/mol. The summed E-state index contributed by atoms with van der Waals surface area (Å²) in [4.78, 5) is 63.3. The Morgan fingerprint density at radius 1 is 0.836 bits per heavy atom. The van der Waals surface area contributed by atoms with Gasteiger partial charge in [-0.2, -0.15) is 9.29 Å². The molecule has 16 nitrogen and oxygen atoms in total. The molecule has 3 saturated heterocycles. The molecule has 1 aliphatic carbocycles. The van der Waals surface area contributed by atoms with Crippen LogP contribution in [0.2, 0.25) is 0 Å². The lowest BCUT2D eigenvalue weighted by Crippen LogP contribution is -2.52. The van der Waals surface area contributed by atoms with Gasteiger partial charge < -0.3 is 25.8 Å². The molecule has 322 valence electrons. The molecule has 0 spiro atoms. The molecule has 1 unspecified atom stereocenters. The Bertz CT molecular complexity index is 2470. The van der Waals surface area contributed by atoms with Crippen LogP contribution in [-0.4, -0.2) is 108 Å². The number of aromatic nitrogens is 3. The molecule has 3 amide bonds. The number of nitrogens with one attached hydrogen (secondary N) is 4. The lowest BCUT2D eigenvalue weighted by Gasteiger charge is -2.34. The SMILES string of the molecule is O=C1CCC(N2Cc3cc(NCCNCC4CCN(c5cccc(S(=O)(=O)N6CCC(Nc7ncc8ccc(=O)n(C9CCCC9)c8n7)CC6)c5)CC4)ccc3C2=O)C(=O)N1. The van der Waals surface area contributed by atoms with Gasteiger partial charge >= 0.3 is 0 Å². The molecule has 17 heteroatoms. The van der Waals surface area contributed by atoms with Gasteiger partial charge in [0.2, 0.25) is 27.8 Å². The van der Waals surface area contributed by atoms with Gasteiger partial charge in [0.15, 0.2) is 0 Å². The second-order valence-electron chi connectivity index (χ2n) is 17.1. The van der Waals surface area contributed by atoms with Crippen molar-refractivity contribution in [1.82, 2.24) is 34.4 Å². The van der Waals surface area contributed by atoms with Gasteiger partial charge in [-0.05, 0) is 105 Å². The van der Waals surface area contributed by atoms with E-state index >= 15 is 0 Å². The summed E-state index contributed by atoms with van der Waals surface area (Å²) in [5, 5.41) is 13.6. The Morgan fingerprint density at radius 2 is 1.64 bits per heavy atom. The van der Waals surface area contributed by atoms with Gasteiger partial charge in [0.1, 0.15) is 11.7 Å². The zero-order valence-electron chi connectivity index (χ0n) is 34.4. The number of rotatable bonds is 13. The minimum atomic E-state index is -3.68. The van der Waals surface area contributed by atoms with Crippen molar-refractivity contribution in [3.05, 3.63) is 82.3 Å². The van der Waals surface area contributed by atoms with Crippen LogP contribution < -0.4 is 31.7 Å². The highest BCUT2D eigenvalue weighted by atomic mass is 32.2. The van der Waals surface area contributed by atoms with Gasteiger partial charge in [-0.25, -0.2) is 13.4 Å². The van der Waals surface area contributed by atoms with Crippen LogP contribution in [-0.2, 0) is 26.2 Å². The van der Waals surface area contributed by atoms with Crippen LogP contribution in [0.1, 0.15) is 86.2 Å². The predicted octanol–water partition coefficient (Wildman–Crippen LogP) is 3.85. The molecule has 2 aromatic heterocycles. The Morgan fingerprint density at radius 3 is 2.43 bits per heavy atom. The quantitative estimate of drug-likeness (QED) is 0.113. The minimum Gasteiger partial charge on any atom is -0.384 e.